The molecule has 0 bridgehead atoms. The quantitative estimate of drug-likeness (QED) is 0.509. The van der Waals surface area contributed by atoms with Gasteiger partial charge in [0.25, 0.3) is 0 Å². The number of hydrogen-bond acceptors (Lipinski definition) is 7. The van der Waals surface area contributed by atoms with E-state index in [1.165, 1.54) is 6.42 Å². The Balaban J connectivity index is 1.36. The molecule has 1 aromatic carbocycles. The number of hydrogen-bond donors (Lipinski definition) is 2. The summed E-state index contributed by atoms with van der Waals surface area (Å²) in [7, 11) is 2.17. The second-order valence-electron chi connectivity index (χ2n) is 9.40. The summed E-state index contributed by atoms with van der Waals surface area (Å²) < 4.78 is 12.0. The van der Waals surface area contributed by atoms with E-state index in [4.69, 9.17) is 9.47 Å². The zero-order valence-electron chi connectivity index (χ0n) is 21.1. The van der Waals surface area contributed by atoms with Crippen LogP contribution in [0.25, 0.3) is 11.1 Å². The predicted octanol–water partition coefficient (Wildman–Crippen LogP) is 2.18. The fraction of sp³-hybridized carbons (Fsp3) is 0.556. The fourth-order valence-corrected chi connectivity index (χ4v) is 4.56. The summed E-state index contributed by atoms with van der Waals surface area (Å²) in [6.45, 7) is 10.2. The molecule has 8 heteroatoms. The first-order chi connectivity index (χ1) is 17.1. The summed E-state index contributed by atoms with van der Waals surface area (Å²) in [5.41, 5.74) is 2.69. The summed E-state index contributed by atoms with van der Waals surface area (Å²) in [5, 5.41) is 6.41. The summed E-state index contributed by atoms with van der Waals surface area (Å²) in [6, 6.07) is 10.3. The zero-order valence-corrected chi connectivity index (χ0v) is 21.1. The minimum Gasteiger partial charge on any atom is -0.494 e. The van der Waals surface area contributed by atoms with E-state index in [9.17, 15) is 4.79 Å². The van der Waals surface area contributed by atoms with Crippen molar-refractivity contribution in [3.63, 3.8) is 0 Å². The molecule has 8 nitrogen and oxygen atoms in total. The molecule has 2 aliphatic rings. The minimum absolute atomic E-state index is 0.00736. The van der Waals surface area contributed by atoms with Gasteiger partial charge in [0.1, 0.15) is 18.1 Å². The van der Waals surface area contributed by atoms with E-state index in [2.05, 4.69) is 32.5 Å². The van der Waals surface area contributed by atoms with Crippen LogP contribution in [-0.2, 0) is 11.2 Å². The van der Waals surface area contributed by atoms with Crippen molar-refractivity contribution >= 4 is 5.91 Å². The summed E-state index contributed by atoms with van der Waals surface area (Å²) in [5.74, 6) is 1.60. The van der Waals surface area contributed by atoms with Gasteiger partial charge in [-0.3, -0.25) is 14.7 Å². The number of carbonyl (C=O) groups is 1. The lowest BCUT2D eigenvalue weighted by molar-refractivity contribution is -0.120. The van der Waals surface area contributed by atoms with Gasteiger partial charge in [0.2, 0.25) is 5.91 Å². The van der Waals surface area contributed by atoms with E-state index in [1.54, 1.807) is 0 Å². The second kappa shape index (κ2) is 12.9. The van der Waals surface area contributed by atoms with Crippen LogP contribution < -0.4 is 20.1 Å². The average molecular weight is 482 g/mol. The third-order valence-corrected chi connectivity index (χ3v) is 6.71. The molecule has 2 N–H and O–H groups in total. The number of benzene rings is 1. The van der Waals surface area contributed by atoms with Crippen molar-refractivity contribution < 1.29 is 14.3 Å². The first-order valence-electron chi connectivity index (χ1n) is 12.9. The normalized spacial score (nSPS) is 19.0. The molecule has 1 atom stereocenters. The average Bonchev–Trinajstić information content (AvgIpc) is 3.39. The number of amides is 1. The number of nitrogens with one attached hydrogen (secondary N) is 2. The standard InChI is InChI=1S/C27H39N5O3/c1-3-34-24-8-9-25(26(18-24)35-16-15-32-13-11-31(2)12-14-32)21-6-7-22(29-19-21)17-27(33)30-20-23-5-4-10-28-23/h6-9,18-19,23,28H,3-5,10-17,20H2,1-2H3,(H,30,33). The van der Waals surface area contributed by atoms with Gasteiger partial charge < -0.3 is 25.0 Å². The SMILES string of the molecule is CCOc1ccc(-c2ccc(CC(=O)NCC3CCCN3)nc2)c(OCCN2CCN(C)CC2)c1. The van der Waals surface area contributed by atoms with Crippen LogP contribution in [0.15, 0.2) is 36.5 Å². The number of ether oxygens (including phenoxy) is 2. The lowest BCUT2D eigenvalue weighted by Crippen LogP contribution is -2.45. The van der Waals surface area contributed by atoms with Gasteiger partial charge >= 0.3 is 0 Å². The number of likely N-dealkylation sites (N-methyl/N-ethyl adjacent to an activating group) is 1. The maximum Gasteiger partial charge on any atom is 0.226 e. The van der Waals surface area contributed by atoms with Gasteiger partial charge in [0.15, 0.2) is 0 Å². The Bertz CT molecular complexity index is 938. The van der Waals surface area contributed by atoms with Gasteiger partial charge in [-0.15, -0.1) is 0 Å². The first-order valence-corrected chi connectivity index (χ1v) is 12.9. The van der Waals surface area contributed by atoms with Gasteiger partial charge in [-0.25, -0.2) is 0 Å². The van der Waals surface area contributed by atoms with E-state index in [-0.39, 0.29) is 12.3 Å². The van der Waals surface area contributed by atoms with Crippen LogP contribution in [0.1, 0.15) is 25.5 Å². The van der Waals surface area contributed by atoms with Gasteiger partial charge in [0.05, 0.1) is 13.0 Å². The van der Waals surface area contributed by atoms with Gasteiger partial charge in [0, 0.05) is 74.4 Å². The van der Waals surface area contributed by atoms with Crippen molar-refractivity contribution in [2.24, 2.45) is 0 Å². The van der Waals surface area contributed by atoms with Crippen LogP contribution in [0.2, 0.25) is 0 Å². The van der Waals surface area contributed by atoms with E-state index >= 15 is 0 Å². The summed E-state index contributed by atoms with van der Waals surface area (Å²) in [6.07, 6.45) is 4.40. The Labute approximate surface area is 209 Å². The Morgan fingerprint density at radius 2 is 2.03 bits per heavy atom. The third-order valence-electron chi connectivity index (χ3n) is 6.71. The fourth-order valence-electron chi connectivity index (χ4n) is 4.56. The molecule has 35 heavy (non-hydrogen) atoms. The molecule has 2 saturated heterocycles. The number of carbonyl (C=O) groups excluding carboxylic acids is 1. The van der Waals surface area contributed by atoms with Crippen LogP contribution in [-0.4, -0.2) is 92.8 Å². The lowest BCUT2D eigenvalue weighted by Gasteiger charge is -2.32. The molecule has 0 saturated carbocycles. The van der Waals surface area contributed by atoms with Gasteiger partial charge in [-0.05, 0) is 51.6 Å². The smallest absolute Gasteiger partial charge is 0.226 e. The van der Waals surface area contributed by atoms with E-state index in [0.29, 0.717) is 25.8 Å². The van der Waals surface area contributed by atoms with E-state index in [1.807, 2.05) is 43.5 Å². The highest BCUT2D eigenvalue weighted by Gasteiger charge is 2.16. The van der Waals surface area contributed by atoms with Gasteiger partial charge in [-0.2, -0.15) is 0 Å². The molecular formula is C27H39N5O3. The number of nitrogens with zero attached hydrogens (tertiary/aromatic N) is 3. The Morgan fingerprint density at radius 3 is 2.74 bits per heavy atom. The third kappa shape index (κ3) is 7.65. The number of pyridine rings is 1. The molecule has 3 heterocycles. The van der Waals surface area contributed by atoms with Crippen LogP contribution in [0.5, 0.6) is 11.5 Å². The Morgan fingerprint density at radius 1 is 1.17 bits per heavy atom. The molecule has 0 aliphatic carbocycles. The Kier molecular flexibility index (Phi) is 9.34. The molecule has 0 spiro atoms. The molecule has 0 radical (unpaired) electrons. The lowest BCUT2D eigenvalue weighted by atomic mass is 10.1. The number of rotatable bonds is 11. The minimum atomic E-state index is 0.00736. The molecule has 2 fully saturated rings. The maximum atomic E-state index is 12.3. The predicted molar refractivity (Wildman–Crippen MR) is 138 cm³/mol. The molecule has 190 valence electrons. The van der Waals surface area contributed by atoms with Crippen molar-refractivity contribution in [3.05, 3.63) is 42.2 Å². The van der Waals surface area contributed by atoms with E-state index in [0.717, 1.165) is 74.0 Å². The Hall–Kier alpha value is -2.68. The second-order valence-corrected chi connectivity index (χ2v) is 9.40. The number of piperazine rings is 1. The monoisotopic (exact) mass is 481 g/mol. The van der Waals surface area contributed by atoms with Gasteiger partial charge in [-0.1, -0.05) is 6.07 Å². The molecule has 1 unspecified atom stereocenters. The largest absolute Gasteiger partial charge is 0.494 e. The van der Waals surface area contributed by atoms with Crippen molar-refractivity contribution in [1.29, 1.82) is 0 Å². The van der Waals surface area contributed by atoms with Crippen molar-refractivity contribution in [1.82, 2.24) is 25.4 Å². The molecule has 1 aromatic heterocycles. The van der Waals surface area contributed by atoms with Crippen molar-refractivity contribution in [2.45, 2.75) is 32.2 Å². The zero-order chi connectivity index (χ0) is 24.5. The van der Waals surface area contributed by atoms with Crippen LogP contribution >= 0.6 is 0 Å². The van der Waals surface area contributed by atoms with Crippen molar-refractivity contribution in [2.75, 3.05) is 66.1 Å². The molecular weight excluding hydrogens is 442 g/mol. The summed E-state index contributed by atoms with van der Waals surface area (Å²) >= 11 is 0. The summed E-state index contributed by atoms with van der Waals surface area (Å²) in [4.78, 5) is 21.7. The molecule has 2 aromatic rings. The number of aromatic nitrogens is 1. The molecule has 1 amide bonds. The molecule has 4 rings (SSSR count). The maximum absolute atomic E-state index is 12.3. The van der Waals surface area contributed by atoms with Crippen LogP contribution in [0.4, 0.5) is 0 Å². The van der Waals surface area contributed by atoms with E-state index < -0.39 is 0 Å². The first kappa shape index (κ1) is 25.4. The molecule has 2 aliphatic heterocycles. The highest BCUT2D eigenvalue weighted by atomic mass is 16.5. The van der Waals surface area contributed by atoms with Crippen LogP contribution in [0, 0.1) is 0 Å². The van der Waals surface area contributed by atoms with Crippen molar-refractivity contribution in [3.8, 4) is 22.6 Å². The van der Waals surface area contributed by atoms with Crippen LogP contribution in [0.3, 0.4) is 0 Å². The highest BCUT2D eigenvalue weighted by molar-refractivity contribution is 5.78. The topological polar surface area (TPSA) is 79.0 Å². The highest BCUT2D eigenvalue weighted by Crippen LogP contribution is 2.33.